The highest BCUT2D eigenvalue weighted by Gasteiger charge is 2.36. The molecule has 0 aliphatic carbocycles. The van der Waals surface area contributed by atoms with Crippen LogP contribution in [0.2, 0.25) is 0 Å². The van der Waals surface area contributed by atoms with Crippen LogP contribution in [0, 0.1) is 17.2 Å². The van der Waals surface area contributed by atoms with Crippen LogP contribution in [0.3, 0.4) is 0 Å². The Hall–Kier alpha value is -1.37. The van der Waals surface area contributed by atoms with Crippen LogP contribution in [0.1, 0.15) is 37.3 Å². The molecule has 0 amide bonds. The molecule has 3 atom stereocenters. The van der Waals surface area contributed by atoms with Crippen molar-refractivity contribution in [1.82, 2.24) is 9.80 Å². The zero-order chi connectivity index (χ0) is 14.7. The quantitative estimate of drug-likeness (QED) is 0.854. The number of hydrogen-bond acceptors (Lipinski definition) is 3. The highest BCUT2D eigenvalue weighted by molar-refractivity contribution is 5.20. The average molecular weight is 283 g/mol. The minimum Gasteiger partial charge on any atom is -0.303 e. The summed E-state index contributed by atoms with van der Waals surface area (Å²) in [5, 5.41) is 9.22. The summed E-state index contributed by atoms with van der Waals surface area (Å²) < 4.78 is 0. The third-order valence-electron chi connectivity index (χ3n) is 5.29. The average Bonchev–Trinajstić information content (AvgIpc) is 2.53. The SMILES string of the molecule is CN1CCCC2CN(C(CC#N)c3ccccc3)CCC21. The lowest BCUT2D eigenvalue weighted by molar-refractivity contribution is 0.0203. The summed E-state index contributed by atoms with van der Waals surface area (Å²) in [7, 11) is 2.27. The van der Waals surface area contributed by atoms with Gasteiger partial charge in [0.2, 0.25) is 0 Å². The molecule has 2 saturated heterocycles. The largest absolute Gasteiger partial charge is 0.303 e. The minimum absolute atomic E-state index is 0.268. The Bertz CT molecular complexity index is 493. The highest BCUT2D eigenvalue weighted by Crippen LogP contribution is 2.34. The first kappa shape index (κ1) is 14.6. The van der Waals surface area contributed by atoms with Crippen LogP contribution in [0.5, 0.6) is 0 Å². The van der Waals surface area contributed by atoms with Crippen LogP contribution < -0.4 is 0 Å². The van der Waals surface area contributed by atoms with Gasteiger partial charge >= 0.3 is 0 Å². The molecule has 21 heavy (non-hydrogen) atoms. The number of nitrogens with zero attached hydrogens (tertiary/aromatic N) is 3. The van der Waals surface area contributed by atoms with Gasteiger partial charge in [-0.15, -0.1) is 0 Å². The molecule has 0 N–H and O–H groups in total. The fourth-order valence-corrected chi connectivity index (χ4v) is 4.18. The Kier molecular flexibility index (Phi) is 4.57. The first-order valence-electron chi connectivity index (χ1n) is 8.16. The van der Waals surface area contributed by atoms with Gasteiger partial charge in [0, 0.05) is 25.2 Å². The maximum atomic E-state index is 9.22. The van der Waals surface area contributed by atoms with E-state index in [0.29, 0.717) is 6.42 Å². The van der Waals surface area contributed by atoms with E-state index in [-0.39, 0.29) is 6.04 Å². The van der Waals surface area contributed by atoms with E-state index in [0.717, 1.165) is 25.0 Å². The number of likely N-dealkylation sites (tertiary alicyclic amines) is 2. The lowest BCUT2D eigenvalue weighted by Crippen LogP contribution is -2.53. The molecular formula is C18H25N3. The van der Waals surface area contributed by atoms with Crippen LogP contribution in [-0.2, 0) is 0 Å². The predicted octanol–water partition coefficient (Wildman–Crippen LogP) is 3.06. The van der Waals surface area contributed by atoms with Crippen molar-refractivity contribution in [2.45, 2.75) is 37.8 Å². The second-order valence-electron chi connectivity index (χ2n) is 6.52. The normalized spacial score (nSPS) is 28.6. The molecule has 112 valence electrons. The summed E-state index contributed by atoms with van der Waals surface area (Å²) in [6, 6.07) is 14.0. The Morgan fingerprint density at radius 1 is 1.24 bits per heavy atom. The molecule has 3 rings (SSSR count). The molecule has 2 aliphatic rings. The smallest absolute Gasteiger partial charge is 0.0641 e. The van der Waals surface area contributed by atoms with Gasteiger partial charge in [-0.2, -0.15) is 5.26 Å². The van der Waals surface area contributed by atoms with Crippen LogP contribution >= 0.6 is 0 Å². The fraction of sp³-hybridized carbons (Fsp3) is 0.611. The lowest BCUT2D eigenvalue weighted by atomic mass is 9.83. The van der Waals surface area contributed by atoms with Gasteiger partial charge in [0.1, 0.15) is 0 Å². The van der Waals surface area contributed by atoms with E-state index in [2.05, 4.69) is 53.2 Å². The van der Waals surface area contributed by atoms with E-state index in [1.807, 2.05) is 0 Å². The van der Waals surface area contributed by atoms with E-state index in [4.69, 9.17) is 0 Å². The van der Waals surface area contributed by atoms with Crippen molar-refractivity contribution in [2.24, 2.45) is 5.92 Å². The monoisotopic (exact) mass is 283 g/mol. The van der Waals surface area contributed by atoms with Crippen LogP contribution in [0.25, 0.3) is 0 Å². The second-order valence-corrected chi connectivity index (χ2v) is 6.52. The van der Waals surface area contributed by atoms with Gasteiger partial charge in [-0.3, -0.25) is 4.90 Å². The third-order valence-corrected chi connectivity index (χ3v) is 5.29. The molecular weight excluding hydrogens is 258 g/mol. The molecule has 0 radical (unpaired) electrons. The molecule has 2 fully saturated rings. The first-order chi connectivity index (χ1) is 10.3. The third kappa shape index (κ3) is 3.12. The molecule has 2 heterocycles. The molecule has 1 aromatic rings. The number of benzene rings is 1. The van der Waals surface area contributed by atoms with E-state index in [9.17, 15) is 5.26 Å². The van der Waals surface area contributed by atoms with Crippen molar-refractivity contribution in [3.05, 3.63) is 35.9 Å². The number of piperidine rings is 2. The van der Waals surface area contributed by atoms with E-state index in [1.165, 1.54) is 31.4 Å². The van der Waals surface area contributed by atoms with E-state index < -0.39 is 0 Å². The zero-order valence-electron chi connectivity index (χ0n) is 12.9. The number of fused-ring (bicyclic) bond motifs is 1. The van der Waals surface area contributed by atoms with Gasteiger partial charge < -0.3 is 4.90 Å². The van der Waals surface area contributed by atoms with Crippen LogP contribution in [0.15, 0.2) is 30.3 Å². The van der Waals surface area contributed by atoms with Crippen LogP contribution in [-0.4, -0.2) is 42.5 Å². The number of rotatable bonds is 3. The summed E-state index contributed by atoms with van der Waals surface area (Å²) in [5.74, 6) is 0.780. The van der Waals surface area contributed by atoms with E-state index >= 15 is 0 Å². The van der Waals surface area contributed by atoms with Crippen molar-refractivity contribution in [2.75, 3.05) is 26.7 Å². The number of hydrogen-bond donors (Lipinski definition) is 0. The van der Waals surface area contributed by atoms with Crippen molar-refractivity contribution in [3.63, 3.8) is 0 Å². The van der Waals surface area contributed by atoms with Crippen LogP contribution in [0.4, 0.5) is 0 Å². The Morgan fingerprint density at radius 3 is 2.81 bits per heavy atom. The van der Waals surface area contributed by atoms with Crippen molar-refractivity contribution in [3.8, 4) is 6.07 Å². The molecule has 3 unspecified atom stereocenters. The molecule has 0 spiro atoms. The molecule has 0 aromatic heterocycles. The second kappa shape index (κ2) is 6.60. The summed E-state index contributed by atoms with van der Waals surface area (Å²) in [6.07, 6.45) is 4.51. The van der Waals surface area contributed by atoms with Gasteiger partial charge in [0.05, 0.1) is 12.5 Å². The maximum Gasteiger partial charge on any atom is 0.0641 e. The maximum absolute atomic E-state index is 9.22. The summed E-state index contributed by atoms with van der Waals surface area (Å²) in [5.41, 5.74) is 1.29. The highest BCUT2D eigenvalue weighted by atomic mass is 15.2. The van der Waals surface area contributed by atoms with Gasteiger partial charge in [-0.05, 0) is 44.3 Å². The standard InChI is InChI=1S/C18H25N3/c1-20-12-5-8-16-14-21(13-10-17(16)20)18(9-11-19)15-6-3-2-4-7-15/h2-4,6-7,16-18H,5,8-10,12-14H2,1H3. The molecule has 3 nitrogen and oxygen atoms in total. The molecule has 3 heteroatoms. The Labute approximate surface area is 128 Å². The molecule has 1 aromatic carbocycles. The minimum atomic E-state index is 0.268. The van der Waals surface area contributed by atoms with Gasteiger partial charge in [0.25, 0.3) is 0 Å². The van der Waals surface area contributed by atoms with Crippen molar-refractivity contribution >= 4 is 0 Å². The van der Waals surface area contributed by atoms with Gasteiger partial charge in [0.15, 0.2) is 0 Å². The van der Waals surface area contributed by atoms with Gasteiger partial charge in [-0.25, -0.2) is 0 Å². The summed E-state index contributed by atoms with van der Waals surface area (Å²) in [4.78, 5) is 5.10. The van der Waals surface area contributed by atoms with E-state index in [1.54, 1.807) is 0 Å². The summed E-state index contributed by atoms with van der Waals surface area (Å²) in [6.45, 7) is 3.52. The molecule has 0 saturated carbocycles. The Morgan fingerprint density at radius 2 is 2.05 bits per heavy atom. The topological polar surface area (TPSA) is 30.3 Å². The van der Waals surface area contributed by atoms with Gasteiger partial charge in [-0.1, -0.05) is 30.3 Å². The predicted molar refractivity (Wildman–Crippen MR) is 84.7 cm³/mol. The number of nitriles is 1. The molecule has 0 bridgehead atoms. The fourth-order valence-electron chi connectivity index (χ4n) is 4.18. The lowest BCUT2D eigenvalue weighted by Gasteiger charge is -2.47. The first-order valence-corrected chi connectivity index (χ1v) is 8.16. The van der Waals surface area contributed by atoms with Crippen molar-refractivity contribution < 1.29 is 0 Å². The zero-order valence-corrected chi connectivity index (χ0v) is 12.9. The van der Waals surface area contributed by atoms with Crippen molar-refractivity contribution in [1.29, 1.82) is 5.26 Å². The molecule has 2 aliphatic heterocycles. The summed E-state index contributed by atoms with van der Waals surface area (Å²) >= 11 is 0. The Balaban J connectivity index is 1.74.